The second-order valence-corrected chi connectivity index (χ2v) is 7.17. The van der Waals surface area contributed by atoms with Crippen LogP contribution in [0.1, 0.15) is 23.1 Å². The third-order valence-corrected chi connectivity index (χ3v) is 5.11. The molecule has 0 spiro atoms. The average molecular weight is 351 g/mol. The Hall–Kier alpha value is -2.17. The number of hydrogen-bond acceptors (Lipinski definition) is 3. The first-order valence-corrected chi connectivity index (χ1v) is 9.46. The normalized spacial score (nSPS) is 15.8. The van der Waals surface area contributed by atoms with Gasteiger partial charge in [-0.05, 0) is 30.5 Å². The van der Waals surface area contributed by atoms with Crippen LogP contribution in [0, 0.1) is 13.8 Å². The summed E-state index contributed by atoms with van der Waals surface area (Å²) in [6.07, 6.45) is 0.548. The number of anilines is 1. The third-order valence-electron chi connectivity index (χ3n) is 5.11. The molecule has 26 heavy (non-hydrogen) atoms. The van der Waals surface area contributed by atoms with Gasteiger partial charge in [0, 0.05) is 51.4 Å². The van der Waals surface area contributed by atoms with Crippen molar-refractivity contribution in [1.82, 2.24) is 9.80 Å². The van der Waals surface area contributed by atoms with E-state index in [9.17, 15) is 4.79 Å². The van der Waals surface area contributed by atoms with Crippen molar-refractivity contribution in [1.29, 1.82) is 0 Å². The number of carbonyl (C=O) groups excluding carboxylic acids is 1. The van der Waals surface area contributed by atoms with Gasteiger partial charge in [0.2, 0.25) is 5.91 Å². The number of piperazine rings is 1. The fourth-order valence-corrected chi connectivity index (χ4v) is 3.49. The van der Waals surface area contributed by atoms with Crippen molar-refractivity contribution in [3.05, 3.63) is 65.2 Å². The van der Waals surface area contributed by atoms with Gasteiger partial charge in [0.05, 0.1) is 0 Å². The molecule has 1 fully saturated rings. The van der Waals surface area contributed by atoms with Crippen LogP contribution in [0.25, 0.3) is 0 Å². The molecule has 1 amide bonds. The molecule has 0 saturated carbocycles. The molecule has 4 nitrogen and oxygen atoms in total. The summed E-state index contributed by atoms with van der Waals surface area (Å²) in [5.74, 6) is 0.106. The van der Waals surface area contributed by atoms with Crippen LogP contribution in [0.15, 0.2) is 48.5 Å². The Kier molecular flexibility index (Phi) is 6.42. The molecule has 0 aliphatic carbocycles. The molecule has 0 bridgehead atoms. The number of amides is 1. The zero-order chi connectivity index (χ0) is 18.4. The smallest absolute Gasteiger partial charge is 0.225 e. The van der Waals surface area contributed by atoms with E-state index in [1.54, 1.807) is 0 Å². The van der Waals surface area contributed by atoms with E-state index in [0.717, 1.165) is 56.1 Å². The van der Waals surface area contributed by atoms with Gasteiger partial charge in [-0.15, -0.1) is 0 Å². The average Bonchev–Trinajstić information content (AvgIpc) is 2.65. The predicted molar refractivity (Wildman–Crippen MR) is 107 cm³/mol. The minimum Gasteiger partial charge on any atom is -0.326 e. The van der Waals surface area contributed by atoms with E-state index in [2.05, 4.69) is 45.4 Å². The van der Waals surface area contributed by atoms with Gasteiger partial charge in [-0.3, -0.25) is 9.69 Å². The maximum Gasteiger partial charge on any atom is 0.225 e. The van der Waals surface area contributed by atoms with Crippen molar-refractivity contribution >= 4 is 11.6 Å². The van der Waals surface area contributed by atoms with Gasteiger partial charge in [-0.2, -0.15) is 0 Å². The van der Waals surface area contributed by atoms with Crippen LogP contribution in [-0.4, -0.2) is 48.4 Å². The number of benzene rings is 2. The highest BCUT2D eigenvalue weighted by Crippen LogP contribution is 2.19. The molecule has 1 heterocycles. The second kappa shape index (κ2) is 8.97. The highest BCUT2D eigenvalue weighted by Gasteiger charge is 2.17. The molecule has 2 aromatic carbocycles. The van der Waals surface area contributed by atoms with Crippen LogP contribution < -0.4 is 5.32 Å². The number of nitrogens with zero attached hydrogens (tertiary/aromatic N) is 2. The number of aryl methyl sites for hydroxylation is 2. The van der Waals surface area contributed by atoms with Crippen molar-refractivity contribution in [3.63, 3.8) is 0 Å². The summed E-state index contributed by atoms with van der Waals surface area (Å²) in [7, 11) is 0. The first-order valence-electron chi connectivity index (χ1n) is 9.46. The first-order chi connectivity index (χ1) is 12.6. The Bertz CT molecular complexity index is 701. The maximum atomic E-state index is 12.3. The van der Waals surface area contributed by atoms with Gasteiger partial charge in [0.1, 0.15) is 0 Å². The maximum absolute atomic E-state index is 12.3. The zero-order valence-corrected chi connectivity index (χ0v) is 15.9. The summed E-state index contributed by atoms with van der Waals surface area (Å²) in [6.45, 7) is 10.1. The Morgan fingerprint density at radius 2 is 1.50 bits per heavy atom. The van der Waals surface area contributed by atoms with Crippen LogP contribution in [0.3, 0.4) is 0 Å². The van der Waals surface area contributed by atoms with E-state index < -0.39 is 0 Å². The van der Waals surface area contributed by atoms with Gasteiger partial charge in [0.25, 0.3) is 0 Å². The van der Waals surface area contributed by atoms with E-state index in [1.807, 2.05) is 32.0 Å². The lowest BCUT2D eigenvalue weighted by Crippen LogP contribution is -2.46. The molecule has 0 aromatic heterocycles. The van der Waals surface area contributed by atoms with E-state index in [0.29, 0.717) is 6.42 Å². The number of para-hydroxylation sites is 1. The van der Waals surface area contributed by atoms with Crippen molar-refractivity contribution in [2.75, 3.05) is 38.0 Å². The molecular formula is C22H29N3O. The van der Waals surface area contributed by atoms with Gasteiger partial charge in [-0.25, -0.2) is 0 Å². The molecule has 1 N–H and O–H groups in total. The number of nitrogens with one attached hydrogen (secondary N) is 1. The van der Waals surface area contributed by atoms with Crippen molar-refractivity contribution < 1.29 is 4.79 Å². The molecule has 0 atom stereocenters. The Morgan fingerprint density at radius 1 is 0.885 bits per heavy atom. The molecule has 138 valence electrons. The minimum atomic E-state index is 0.106. The fraction of sp³-hybridized carbons (Fsp3) is 0.409. The molecule has 4 heteroatoms. The molecule has 2 aromatic rings. The molecular weight excluding hydrogens is 322 g/mol. The highest BCUT2D eigenvalue weighted by atomic mass is 16.1. The molecule has 1 aliphatic heterocycles. The van der Waals surface area contributed by atoms with Crippen molar-refractivity contribution in [2.45, 2.75) is 26.8 Å². The lowest BCUT2D eigenvalue weighted by atomic mass is 10.1. The van der Waals surface area contributed by atoms with Crippen molar-refractivity contribution in [3.8, 4) is 0 Å². The summed E-state index contributed by atoms with van der Waals surface area (Å²) < 4.78 is 0. The Balaban J connectivity index is 1.40. The van der Waals surface area contributed by atoms with Crippen LogP contribution in [0.2, 0.25) is 0 Å². The number of carbonyl (C=O) groups is 1. The predicted octanol–water partition coefficient (Wildman–Crippen LogP) is 3.45. The zero-order valence-electron chi connectivity index (χ0n) is 15.9. The van der Waals surface area contributed by atoms with E-state index in [-0.39, 0.29) is 5.91 Å². The SMILES string of the molecule is Cc1cccc(C)c1NC(=O)CCN1CCN(Cc2ccccc2)CC1. The number of rotatable bonds is 6. The molecule has 1 saturated heterocycles. The summed E-state index contributed by atoms with van der Waals surface area (Å²) in [5, 5.41) is 3.08. The summed E-state index contributed by atoms with van der Waals surface area (Å²) >= 11 is 0. The Morgan fingerprint density at radius 3 is 2.15 bits per heavy atom. The topological polar surface area (TPSA) is 35.6 Å². The first kappa shape index (κ1) is 18.6. The van der Waals surface area contributed by atoms with Gasteiger partial charge in [-0.1, -0.05) is 48.5 Å². The lowest BCUT2D eigenvalue weighted by Gasteiger charge is -2.34. The van der Waals surface area contributed by atoms with Crippen molar-refractivity contribution in [2.24, 2.45) is 0 Å². The van der Waals surface area contributed by atoms with Gasteiger partial charge < -0.3 is 10.2 Å². The minimum absolute atomic E-state index is 0.106. The standard InChI is InChI=1S/C22H29N3O/c1-18-7-6-8-19(2)22(18)23-21(26)11-12-24-13-15-25(16-14-24)17-20-9-4-3-5-10-20/h3-10H,11-17H2,1-2H3,(H,23,26). The fourth-order valence-electron chi connectivity index (χ4n) is 3.49. The lowest BCUT2D eigenvalue weighted by molar-refractivity contribution is -0.116. The summed E-state index contributed by atoms with van der Waals surface area (Å²) in [4.78, 5) is 17.2. The molecule has 3 rings (SSSR count). The van der Waals surface area contributed by atoms with Crippen LogP contribution in [0.4, 0.5) is 5.69 Å². The highest BCUT2D eigenvalue weighted by molar-refractivity contribution is 5.92. The number of hydrogen-bond donors (Lipinski definition) is 1. The van der Waals surface area contributed by atoms with Crippen LogP contribution >= 0.6 is 0 Å². The third kappa shape index (κ3) is 5.16. The summed E-state index contributed by atoms with van der Waals surface area (Å²) in [6, 6.07) is 16.7. The van der Waals surface area contributed by atoms with Crippen LogP contribution in [0.5, 0.6) is 0 Å². The van der Waals surface area contributed by atoms with E-state index in [1.165, 1.54) is 5.56 Å². The van der Waals surface area contributed by atoms with Crippen LogP contribution in [-0.2, 0) is 11.3 Å². The molecule has 1 aliphatic rings. The van der Waals surface area contributed by atoms with Gasteiger partial charge in [0.15, 0.2) is 0 Å². The Labute approximate surface area is 156 Å². The second-order valence-electron chi connectivity index (χ2n) is 7.17. The monoisotopic (exact) mass is 351 g/mol. The largest absolute Gasteiger partial charge is 0.326 e. The molecule has 0 radical (unpaired) electrons. The van der Waals surface area contributed by atoms with E-state index in [4.69, 9.17) is 0 Å². The molecule has 0 unspecified atom stereocenters. The summed E-state index contributed by atoms with van der Waals surface area (Å²) in [5.41, 5.74) is 4.57. The van der Waals surface area contributed by atoms with E-state index >= 15 is 0 Å². The quantitative estimate of drug-likeness (QED) is 0.866. The van der Waals surface area contributed by atoms with Gasteiger partial charge >= 0.3 is 0 Å².